The van der Waals surface area contributed by atoms with Crippen LogP contribution in [0.1, 0.15) is 40.5 Å². The fourth-order valence-electron chi connectivity index (χ4n) is 1.23. The van der Waals surface area contributed by atoms with Gasteiger partial charge < -0.3 is 0 Å². The number of rotatable bonds is 4. The highest BCUT2D eigenvalue weighted by Crippen LogP contribution is 2.17. The predicted octanol–water partition coefficient (Wildman–Crippen LogP) is 2.68. The molecular formula is C9H21NOS. The van der Waals surface area contributed by atoms with Crippen molar-refractivity contribution >= 4 is 9.73 Å². The van der Waals surface area contributed by atoms with Gasteiger partial charge in [-0.2, -0.15) is 0 Å². The smallest absolute Gasteiger partial charge is 0.0517 e. The van der Waals surface area contributed by atoms with Crippen LogP contribution in [0.25, 0.3) is 0 Å². The normalized spacial score (nSPS) is 21.1. The lowest BCUT2D eigenvalue weighted by atomic mass is 10.4. The van der Waals surface area contributed by atoms with Gasteiger partial charge in [0.2, 0.25) is 0 Å². The first-order valence-corrected chi connectivity index (χ1v) is 6.29. The van der Waals surface area contributed by atoms with Crippen molar-refractivity contribution in [2.75, 3.05) is 7.05 Å². The molecule has 0 bridgehead atoms. The second kappa shape index (κ2) is 4.85. The van der Waals surface area contributed by atoms with Crippen LogP contribution in [-0.2, 0) is 9.73 Å². The summed E-state index contributed by atoms with van der Waals surface area (Å²) >= 11 is 0. The van der Waals surface area contributed by atoms with Crippen LogP contribution in [0.5, 0.6) is 0 Å². The van der Waals surface area contributed by atoms with Crippen molar-refractivity contribution in [3.63, 3.8) is 0 Å². The van der Waals surface area contributed by atoms with Crippen molar-refractivity contribution in [3.05, 3.63) is 0 Å². The number of nitrogens with zero attached hydrogens (tertiary/aromatic N) is 1. The maximum atomic E-state index is 12.2. The number of hydrogen-bond donors (Lipinski definition) is 0. The van der Waals surface area contributed by atoms with Gasteiger partial charge in [-0.15, -0.1) is 0 Å². The second-order valence-corrected chi connectivity index (χ2v) is 6.44. The van der Waals surface area contributed by atoms with Crippen molar-refractivity contribution in [1.29, 1.82) is 0 Å². The Morgan fingerprint density at radius 1 is 1.17 bits per heavy atom. The van der Waals surface area contributed by atoms with E-state index in [2.05, 4.69) is 18.2 Å². The van der Waals surface area contributed by atoms with Crippen molar-refractivity contribution in [2.45, 2.75) is 51.0 Å². The molecule has 3 heteroatoms. The maximum Gasteiger partial charge on any atom is 0.0517 e. The molecule has 0 aliphatic rings. The van der Waals surface area contributed by atoms with Gasteiger partial charge >= 0.3 is 0 Å². The van der Waals surface area contributed by atoms with Crippen molar-refractivity contribution in [2.24, 2.45) is 4.36 Å². The SMILES string of the molecule is CCC(C)S(=O)(=NC)C(C)CC. The third kappa shape index (κ3) is 2.22. The Labute approximate surface area is 76.9 Å². The lowest BCUT2D eigenvalue weighted by molar-refractivity contribution is 0.646. The monoisotopic (exact) mass is 191 g/mol. The lowest BCUT2D eigenvalue weighted by Crippen LogP contribution is -2.26. The average Bonchev–Trinajstić information content (AvgIpc) is 2.13. The van der Waals surface area contributed by atoms with Crippen LogP contribution in [-0.4, -0.2) is 21.8 Å². The van der Waals surface area contributed by atoms with E-state index in [1.54, 1.807) is 7.05 Å². The van der Waals surface area contributed by atoms with Gasteiger partial charge in [0.1, 0.15) is 0 Å². The molecule has 0 saturated carbocycles. The molecule has 0 aliphatic heterocycles. The summed E-state index contributed by atoms with van der Waals surface area (Å²) in [5.41, 5.74) is 0. The molecule has 2 unspecified atom stereocenters. The highest BCUT2D eigenvalue weighted by atomic mass is 32.2. The van der Waals surface area contributed by atoms with Crippen molar-refractivity contribution in [1.82, 2.24) is 0 Å². The molecule has 0 aromatic rings. The molecule has 0 N–H and O–H groups in total. The molecule has 0 amide bonds. The molecular weight excluding hydrogens is 170 g/mol. The third-order valence-corrected chi connectivity index (χ3v) is 6.13. The highest BCUT2D eigenvalue weighted by molar-refractivity contribution is 7.94. The zero-order valence-electron chi connectivity index (χ0n) is 8.83. The van der Waals surface area contributed by atoms with E-state index in [9.17, 15) is 4.21 Å². The molecule has 0 rings (SSSR count). The molecule has 0 spiro atoms. The van der Waals surface area contributed by atoms with Gasteiger partial charge in [0.05, 0.1) is 9.73 Å². The molecule has 0 aromatic carbocycles. The molecule has 12 heavy (non-hydrogen) atoms. The quantitative estimate of drug-likeness (QED) is 0.672. The molecule has 0 aliphatic carbocycles. The Morgan fingerprint density at radius 2 is 1.50 bits per heavy atom. The topological polar surface area (TPSA) is 29.4 Å². The molecule has 0 radical (unpaired) electrons. The molecule has 2 atom stereocenters. The van der Waals surface area contributed by atoms with Crippen LogP contribution in [0.3, 0.4) is 0 Å². The van der Waals surface area contributed by atoms with Crippen LogP contribution >= 0.6 is 0 Å². The summed E-state index contributed by atoms with van der Waals surface area (Å²) in [5.74, 6) is 0. The largest absolute Gasteiger partial charge is 0.249 e. The van der Waals surface area contributed by atoms with Crippen molar-refractivity contribution in [3.8, 4) is 0 Å². The zero-order valence-corrected chi connectivity index (χ0v) is 9.65. The minimum Gasteiger partial charge on any atom is -0.249 e. The highest BCUT2D eigenvalue weighted by Gasteiger charge is 2.22. The van der Waals surface area contributed by atoms with Crippen LogP contribution in [0.4, 0.5) is 0 Å². The van der Waals surface area contributed by atoms with Gasteiger partial charge in [0.15, 0.2) is 0 Å². The fourth-order valence-corrected chi connectivity index (χ4v) is 3.70. The Bertz CT molecular complexity index is 213. The summed E-state index contributed by atoms with van der Waals surface area (Å²) in [5, 5.41) is 0.440. The predicted molar refractivity (Wildman–Crippen MR) is 56.0 cm³/mol. The minimum atomic E-state index is -1.96. The summed E-state index contributed by atoms with van der Waals surface area (Å²) in [6, 6.07) is 0. The minimum absolute atomic E-state index is 0.220. The van der Waals surface area contributed by atoms with E-state index in [4.69, 9.17) is 0 Å². The summed E-state index contributed by atoms with van der Waals surface area (Å²) in [6.45, 7) is 8.19. The first kappa shape index (κ1) is 11.9. The number of hydrogen-bond acceptors (Lipinski definition) is 2. The summed E-state index contributed by atoms with van der Waals surface area (Å²) in [7, 11) is -0.278. The zero-order chi connectivity index (χ0) is 9.78. The van der Waals surface area contributed by atoms with Gasteiger partial charge in [0.25, 0.3) is 0 Å². The van der Waals surface area contributed by atoms with Gasteiger partial charge in [-0.25, -0.2) is 8.57 Å². The third-order valence-electron chi connectivity index (χ3n) is 2.59. The second-order valence-electron chi connectivity index (χ2n) is 3.23. The Hall–Kier alpha value is -0.0500. The first-order valence-electron chi connectivity index (χ1n) is 4.65. The summed E-state index contributed by atoms with van der Waals surface area (Å²) in [4.78, 5) is 0. The van der Waals surface area contributed by atoms with Gasteiger partial charge in [-0.1, -0.05) is 13.8 Å². The van der Waals surface area contributed by atoms with E-state index in [0.29, 0.717) is 0 Å². The molecule has 74 valence electrons. The van der Waals surface area contributed by atoms with Gasteiger partial charge in [-0.3, -0.25) is 0 Å². The van der Waals surface area contributed by atoms with Crippen molar-refractivity contribution < 1.29 is 4.21 Å². The standard InChI is InChI=1S/C9H21NOS/c1-6-8(3)12(11,10-5)9(4)7-2/h8-9H,6-7H2,1-5H3. The summed E-state index contributed by atoms with van der Waals surface area (Å²) < 4.78 is 16.3. The van der Waals surface area contributed by atoms with Crippen LogP contribution in [0.2, 0.25) is 0 Å². The van der Waals surface area contributed by atoms with E-state index < -0.39 is 9.73 Å². The molecule has 0 aromatic heterocycles. The lowest BCUT2D eigenvalue weighted by Gasteiger charge is -2.21. The van der Waals surface area contributed by atoms with E-state index in [1.165, 1.54) is 0 Å². The van der Waals surface area contributed by atoms with Gasteiger partial charge in [-0.05, 0) is 26.7 Å². The van der Waals surface area contributed by atoms with E-state index in [1.807, 2.05) is 13.8 Å². The maximum absolute atomic E-state index is 12.2. The van der Waals surface area contributed by atoms with Crippen LogP contribution in [0.15, 0.2) is 4.36 Å². The van der Waals surface area contributed by atoms with E-state index in [-0.39, 0.29) is 10.5 Å². The Balaban J connectivity index is 4.83. The van der Waals surface area contributed by atoms with Gasteiger partial charge in [0, 0.05) is 17.5 Å². The Kier molecular flexibility index (Phi) is 4.83. The first-order chi connectivity index (χ1) is 5.52. The summed E-state index contributed by atoms with van der Waals surface area (Å²) in [6.07, 6.45) is 1.89. The molecule has 0 heterocycles. The molecule has 0 saturated heterocycles. The van der Waals surface area contributed by atoms with Crippen LogP contribution in [0, 0.1) is 0 Å². The van der Waals surface area contributed by atoms with E-state index in [0.717, 1.165) is 12.8 Å². The average molecular weight is 191 g/mol. The Morgan fingerprint density at radius 3 is 1.67 bits per heavy atom. The fraction of sp³-hybridized carbons (Fsp3) is 1.00. The molecule has 2 nitrogen and oxygen atoms in total. The molecule has 0 fully saturated rings. The van der Waals surface area contributed by atoms with Crippen LogP contribution < -0.4 is 0 Å². The van der Waals surface area contributed by atoms with E-state index >= 15 is 0 Å².